The van der Waals surface area contributed by atoms with Crippen molar-refractivity contribution < 1.29 is 0 Å². The van der Waals surface area contributed by atoms with Gasteiger partial charge in [-0.2, -0.15) is 0 Å². The van der Waals surface area contributed by atoms with Crippen LogP contribution in [0.4, 0.5) is 0 Å². The number of para-hydroxylation sites is 4. The van der Waals surface area contributed by atoms with Crippen LogP contribution in [-0.2, 0) is 0 Å². The Hall–Kier alpha value is -7.56. The maximum atomic E-state index is 5.10. The Kier molecular flexibility index (Phi) is 7.46. The van der Waals surface area contributed by atoms with E-state index in [4.69, 9.17) is 9.97 Å². The summed E-state index contributed by atoms with van der Waals surface area (Å²) in [6.45, 7) is 0. The third kappa shape index (κ3) is 5.31. The zero-order chi connectivity index (χ0) is 37.0. The van der Waals surface area contributed by atoms with Crippen LogP contribution in [0.5, 0.6) is 0 Å². The molecule has 11 aromatic rings. The van der Waals surface area contributed by atoms with Gasteiger partial charge in [-0.25, -0.2) is 9.97 Å². The van der Waals surface area contributed by atoms with E-state index in [-0.39, 0.29) is 0 Å². The van der Waals surface area contributed by atoms with Crippen molar-refractivity contribution in [2.24, 2.45) is 0 Å². The number of nitrogens with zero attached hydrogens (tertiary/aromatic N) is 4. The second-order valence-electron chi connectivity index (χ2n) is 14.2. The molecule has 3 aromatic heterocycles. The molecular formula is C52H34N4. The fourth-order valence-electron chi connectivity index (χ4n) is 8.32. The number of rotatable bonds is 6. The fourth-order valence-corrected chi connectivity index (χ4v) is 8.32. The number of fused-ring (bicyclic) bond motifs is 6. The lowest BCUT2D eigenvalue weighted by molar-refractivity contribution is 1.13. The molecule has 0 amide bonds. The van der Waals surface area contributed by atoms with E-state index in [1.54, 1.807) is 0 Å². The Morgan fingerprint density at radius 1 is 0.268 bits per heavy atom. The van der Waals surface area contributed by atoms with Crippen LogP contribution in [-0.4, -0.2) is 19.1 Å². The van der Waals surface area contributed by atoms with Crippen LogP contribution < -0.4 is 0 Å². The molecule has 0 aliphatic carbocycles. The minimum absolute atomic E-state index is 0.709. The zero-order valence-corrected chi connectivity index (χ0v) is 30.4. The molecular weight excluding hydrogens is 681 g/mol. The van der Waals surface area contributed by atoms with Gasteiger partial charge in [0, 0.05) is 49.6 Å². The highest BCUT2D eigenvalue weighted by atomic mass is 15.0. The van der Waals surface area contributed by atoms with E-state index in [9.17, 15) is 0 Å². The van der Waals surface area contributed by atoms with Crippen LogP contribution in [0.2, 0.25) is 0 Å². The van der Waals surface area contributed by atoms with Gasteiger partial charge in [0.15, 0.2) is 5.82 Å². The van der Waals surface area contributed by atoms with E-state index in [2.05, 4.69) is 191 Å². The zero-order valence-electron chi connectivity index (χ0n) is 30.4. The second-order valence-corrected chi connectivity index (χ2v) is 14.2. The average Bonchev–Trinajstić information content (AvgIpc) is 3.80. The third-order valence-corrected chi connectivity index (χ3v) is 10.9. The van der Waals surface area contributed by atoms with Gasteiger partial charge in [-0.05, 0) is 59.7 Å². The molecule has 0 atom stereocenters. The summed E-state index contributed by atoms with van der Waals surface area (Å²) < 4.78 is 4.83. The summed E-state index contributed by atoms with van der Waals surface area (Å²) >= 11 is 0. The number of hydrogen-bond acceptors (Lipinski definition) is 2. The van der Waals surface area contributed by atoms with Crippen LogP contribution in [0.1, 0.15) is 0 Å². The van der Waals surface area contributed by atoms with Gasteiger partial charge in [0.1, 0.15) is 0 Å². The number of hydrogen-bond donors (Lipinski definition) is 0. The van der Waals surface area contributed by atoms with Gasteiger partial charge in [0.25, 0.3) is 0 Å². The number of benzene rings is 8. The Morgan fingerprint density at radius 2 is 0.625 bits per heavy atom. The van der Waals surface area contributed by atoms with E-state index < -0.39 is 0 Å². The Balaban J connectivity index is 1.11. The monoisotopic (exact) mass is 714 g/mol. The van der Waals surface area contributed by atoms with Gasteiger partial charge < -0.3 is 9.13 Å². The predicted octanol–water partition coefficient (Wildman–Crippen LogP) is 13.3. The van der Waals surface area contributed by atoms with Crippen molar-refractivity contribution in [3.05, 3.63) is 206 Å². The molecule has 8 aromatic carbocycles. The molecule has 0 saturated heterocycles. The summed E-state index contributed by atoms with van der Waals surface area (Å²) in [7, 11) is 0. The summed E-state index contributed by atoms with van der Waals surface area (Å²) in [5.41, 5.74) is 14.1. The largest absolute Gasteiger partial charge is 0.309 e. The van der Waals surface area contributed by atoms with E-state index in [1.807, 2.05) is 24.3 Å². The average molecular weight is 715 g/mol. The van der Waals surface area contributed by atoms with Crippen LogP contribution in [0.15, 0.2) is 206 Å². The van der Waals surface area contributed by atoms with Crippen LogP contribution >= 0.6 is 0 Å². The standard InChI is InChI=1S/C52H34N4/c1-3-15-36(16-4-1)46-34-47(54-52(53-46)38-17-5-2-6-18-38)37-29-27-35(28-30-37)39-31-40(55-48-23-11-7-19-42(48)43-20-8-12-24-49(43)55)33-41(32-39)56-50-25-13-9-21-44(50)45-22-10-14-26-51(45)56/h1-34H. The minimum Gasteiger partial charge on any atom is -0.309 e. The van der Waals surface area contributed by atoms with Crippen molar-refractivity contribution in [2.45, 2.75) is 0 Å². The summed E-state index contributed by atoms with van der Waals surface area (Å²) in [5, 5.41) is 4.97. The third-order valence-electron chi connectivity index (χ3n) is 10.9. The first-order valence-corrected chi connectivity index (χ1v) is 19.0. The molecule has 0 saturated carbocycles. The Labute approximate surface area is 324 Å². The lowest BCUT2D eigenvalue weighted by Crippen LogP contribution is -2.00. The quantitative estimate of drug-likeness (QED) is 0.172. The first kappa shape index (κ1) is 31.9. The minimum atomic E-state index is 0.709. The summed E-state index contributed by atoms with van der Waals surface area (Å²) in [6, 6.07) is 73.3. The summed E-state index contributed by atoms with van der Waals surface area (Å²) in [5.74, 6) is 0.709. The molecule has 0 spiro atoms. The predicted molar refractivity (Wildman–Crippen MR) is 232 cm³/mol. The van der Waals surface area contributed by atoms with E-state index in [1.165, 1.54) is 43.6 Å². The van der Waals surface area contributed by atoms with Gasteiger partial charge in [0.05, 0.1) is 33.5 Å². The molecule has 0 radical (unpaired) electrons. The molecule has 0 bridgehead atoms. The van der Waals surface area contributed by atoms with Crippen molar-refractivity contribution in [1.29, 1.82) is 0 Å². The molecule has 0 N–H and O–H groups in total. The van der Waals surface area contributed by atoms with E-state index in [0.29, 0.717) is 5.82 Å². The van der Waals surface area contributed by atoms with Gasteiger partial charge in [-0.3, -0.25) is 0 Å². The van der Waals surface area contributed by atoms with Crippen LogP contribution in [0.25, 0.3) is 100 Å². The van der Waals surface area contributed by atoms with Gasteiger partial charge in [-0.1, -0.05) is 158 Å². The topological polar surface area (TPSA) is 35.6 Å². The maximum Gasteiger partial charge on any atom is 0.160 e. The molecule has 0 fully saturated rings. The van der Waals surface area contributed by atoms with Crippen molar-refractivity contribution in [1.82, 2.24) is 19.1 Å². The SMILES string of the molecule is c1ccc(-c2cc(-c3ccc(-c4cc(-n5c6ccccc6c6ccccc65)cc(-n5c6ccccc6c6ccccc65)c4)cc3)nc(-c3ccccc3)n2)cc1. The highest BCUT2D eigenvalue weighted by molar-refractivity contribution is 6.10. The molecule has 0 aliphatic rings. The van der Waals surface area contributed by atoms with Crippen LogP contribution in [0, 0.1) is 0 Å². The van der Waals surface area contributed by atoms with E-state index >= 15 is 0 Å². The number of aromatic nitrogens is 4. The molecule has 0 unspecified atom stereocenters. The first-order valence-electron chi connectivity index (χ1n) is 19.0. The summed E-state index contributed by atoms with van der Waals surface area (Å²) in [4.78, 5) is 10.1. The normalized spacial score (nSPS) is 11.6. The van der Waals surface area contributed by atoms with Gasteiger partial charge in [-0.15, -0.1) is 0 Å². The van der Waals surface area contributed by atoms with Crippen molar-refractivity contribution in [2.75, 3.05) is 0 Å². The Morgan fingerprint density at radius 3 is 1.07 bits per heavy atom. The lowest BCUT2D eigenvalue weighted by Gasteiger charge is -2.16. The molecule has 11 rings (SSSR count). The Bertz CT molecular complexity index is 2930. The van der Waals surface area contributed by atoms with Crippen molar-refractivity contribution in [3.63, 3.8) is 0 Å². The maximum absolute atomic E-state index is 5.10. The molecule has 3 heterocycles. The second kappa shape index (κ2) is 13.1. The molecule has 262 valence electrons. The van der Waals surface area contributed by atoms with E-state index in [0.717, 1.165) is 50.6 Å². The van der Waals surface area contributed by atoms with Crippen LogP contribution in [0.3, 0.4) is 0 Å². The van der Waals surface area contributed by atoms with Crippen molar-refractivity contribution >= 4 is 43.6 Å². The molecule has 4 nitrogen and oxygen atoms in total. The highest BCUT2D eigenvalue weighted by Gasteiger charge is 2.18. The fraction of sp³-hybridized carbons (Fsp3) is 0. The smallest absolute Gasteiger partial charge is 0.160 e. The molecule has 4 heteroatoms. The molecule has 0 aliphatic heterocycles. The first-order chi connectivity index (χ1) is 27.8. The van der Waals surface area contributed by atoms with Gasteiger partial charge in [0.2, 0.25) is 0 Å². The molecule has 56 heavy (non-hydrogen) atoms. The lowest BCUT2D eigenvalue weighted by atomic mass is 10.0. The summed E-state index contributed by atoms with van der Waals surface area (Å²) in [6.07, 6.45) is 0. The van der Waals surface area contributed by atoms with Crippen molar-refractivity contribution in [3.8, 4) is 56.4 Å². The highest BCUT2D eigenvalue weighted by Crippen LogP contribution is 2.38. The van der Waals surface area contributed by atoms with Gasteiger partial charge >= 0.3 is 0 Å².